The third-order valence-electron chi connectivity index (χ3n) is 4.78. The van der Waals surface area contributed by atoms with E-state index in [0.717, 1.165) is 49.7 Å². The quantitative estimate of drug-likeness (QED) is 0.722. The Morgan fingerprint density at radius 1 is 1.11 bits per heavy atom. The minimum atomic E-state index is 0.0230. The van der Waals surface area contributed by atoms with Gasteiger partial charge in [0.05, 0.1) is 0 Å². The fourth-order valence-corrected chi connectivity index (χ4v) is 3.33. The lowest BCUT2D eigenvalue weighted by atomic mass is 9.92. The molecule has 0 aliphatic carbocycles. The summed E-state index contributed by atoms with van der Waals surface area (Å²) >= 11 is 0. The van der Waals surface area contributed by atoms with E-state index in [1.165, 1.54) is 0 Å². The topological polar surface area (TPSA) is 99.7 Å². The molecule has 0 saturated carbocycles. The number of likely N-dealkylation sites (tertiary alicyclic amines) is 1. The second-order valence-corrected chi connectivity index (χ2v) is 6.64. The van der Waals surface area contributed by atoms with Crippen LogP contribution in [0.3, 0.4) is 0 Å². The standard InChI is InChI=1S/C19H21N7O/c27-19(16-4-8-23-25-16)26-9-5-14(6-10-26)11-15-12-18(22-13-21-15)24-17-3-1-2-7-20-17/h1-4,7-8,12-14H,5-6,9-11H2,(H,23,25)(H,20,21,22,24). The van der Waals surface area contributed by atoms with E-state index in [1.807, 2.05) is 29.2 Å². The number of anilines is 2. The Bertz CT molecular complexity index is 874. The highest BCUT2D eigenvalue weighted by molar-refractivity contribution is 5.92. The van der Waals surface area contributed by atoms with E-state index >= 15 is 0 Å². The highest BCUT2D eigenvalue weighted by atomic mass is 16.2. The van der Waals surface area contributed by atoms with Crippen molar-refractivity contribution in [3.05, 3.63) is 60.4 Å². The smallest absolute Gasteiger partial charge is 0.271 e. The molecule has 3 aromatic rings. The number of aromatic nitrogens is 5. The molecule has 1 saturated heterocycles. The molecule has 2 N–H and O–H groups in total. The van der Waals surface area contributed by atoms with E-state index < -0.39 is 0 Å². The first-order valence-electron chi connectivity index (χ1n) is 9.05. The van der Waals surface area contributed by atoms with Crippen LogP contribution in [-0.4, -0.2) is 49.0 Å². The Balaban J connectivity index is 1.32. The molecule has 0 bridgehead atoms. The van der Waals surface area contributed by atoms with Gasteiger partial charge in [-0.3, -0.25) is 9.89 Å². The van der Waals surface area contributed by atoms with Gasteiger partial charge in [-0.1, -0.05) is 6.07 Å². The van der Waals surface area contributed by atoms with Crippen LogP contribution in [0.15, 0.2) is 49.1 Å². The van der Waals surface area contributed by atoms with Crippen molar-refractivity contribution in [2.45, 2.75) is 19.3 Å². The fourth-order valence-electron chi connectivity index (χ4n) is 3.33. The van der Waals surface area contributed by atoms with Crippen LogP contribution >= 0.6 is 0 Å². The monoisotopic (exact) mass is 363 g/mol. The SMILES string of the molecule is O=C(c1ccn[nH]1)N1CCC(Cc2cc(Nc3ccccn3)ncn2)CC1. The van der Waals surface area contributed by atoms with E-state index in [4.69, 9.17) is 0 Å². The van der Waals surface area contributed by atoms with Gasteiger partial charge in [-0.05, 0) is 43.4 Å². The lowest BCUT2D eigenvalue weighted by Crippen LogP contribution is -2.39. The summed E-state index contributed by atoms with van der Waals surface area (Å²) in [5.74, 6) is 2.03. The Hall–Kier alpha value is -3.29. The van der Waals surface area contributed by atoms with Gasteiger partial charge in [0.15, 0.2) is 0 Å². The van der Waals surface area contributed by atoms with Gasteiger partial charge >= 0.3 is 0 Å². The number of rotatable bonds is 5. The van der Waals surface area contributed by atoms with Crippen LogP contribution in [-0.2, 0) is 6.42 Å². The number of piperidine rings is 1. The minimum absolute atomic E-state index is 0.0230. The number of amides is 1. The van der Waals surface area contributed by atoms with Gasteiger partial charge in [-0.25, -0.2) is 15.0 Å². The number of hydrogen-bond donors (Lipinski definition) is 2. The highest BCUT2D eigenvalue weighted by Crippen LogP contribution is 2.23. The third-order valence-corrected chi connectivity index (χ3v) is 4.78. The second kappa shape index (κ2) is 7.94. The molecule has 8 nitrogen and oxygen atoms in total. The lowest BCUT2D eigenvalue weighted by molar-refractivity contribution is 0.0684. The van der Waals surface area contributed by atoms with Crippen LogP contribution < -0.4 is 5.32 Å². The molecule has 1 amide bonds. The number of carbonyl (C=O) groups excluding carboxylic acids is 1. The van der Waals surface area contributed by atoms with Crippen molar-refractivity contribution in [3.8, 4) is 0 Å². The van der Waals surface area contributed by atoms with E-state index in [-0.39, 0.29) is 5.91 Å². The van der Waals surface area contributed by atoms with Gasteiger partial charge < -0.3 is 10.2 Å². The third kappa shape index (κ3) is 4.28. The van der Waals surface area contributed by atoms with Crippen molar-refractivity contribution in [2.24, 2.45) is 5.92 Å². The Labute approximate surface area is 157 Å². The van der Waals surface area contributed by atoms with Crippen LogP contribution in [0.5, 0.6) is 0 Å². The highest BCUT2D eigenvalue weighted by Gasteiger charge is 2.24. The molecule has 0 radical (unpaired) electrons. The van der Waals surface area contributed by atoms with Crippen LogP contribution in [0.4, 0.5) is 11.6 Å². The molecule has 4 heterocycles. The summed E-state index contributed by atoms with van der Waals surface area (Å²) < 4.78 is 0. The Morgan fingerprint density at radius 3 is 2.74 bits per heavy atom. The number of pyridine rings is 1. The van der Waals surface area contributed by atoms with Gasteiger partial charge in [-0.15, -0.1) is 0 Å². The molecule has 1 aliphatic heterocycles. The van der Waals surface area contributed by atoms with E-state index in [2.05, 4.69) is 30.5 Å². The first-order chi connectivity index (χ1) is 13.3. The zero-order valence-corrected chi connectivity index (χ0v) is 14.9. The molecule has 1 fully saturated rings. The summed E-state index contributed by atoms with van der Waals surface area (Å²) in [4.78, 5) is 27.2. The predicted molar refractivity (Wildman–Crippen MR) is 100 cm³/mol. The maximum atomic E-state index is 12.4. The number of carbonyl (C=O) groups is 1. The summed E-state index contributed by atoms with van der Waals surface area (Å²) in [6, 6.07) is 9.38. The molecule has 0 atom stereocenters. The molecule has 27 heavy (non-hydrogen) atoms. The predicted octanol–water partition coefficient (Wildman–Crippen LogP) is 2.43. The van der Waals surface area contributed by atoms with Gasteiger partial charge in [0.2, 0.25) is 0 Å². The first kappa shape index (κ1) is 17.1. The Morgan fingerprint density at radius 2 is 2.00 bits per heavy atom. The second-order valence-electron chi connectivity index (χ2n) is 6.64. The van der Waals surface area contributed by atoms with Crippen LogP contribution in [0.1, 0.15) is 29.0 Å². The molecule has 0 unspecified atom stereocenters. The van der Waals surface area contributed by atoms with Gasteiger partial charge in [0.25, 0.3) is 5.91 Å². The maximum Gasteiger partial charge on any atom is 0.271 e. The molecule has 1 aliphatic rings. The molecule has 3 aromatic heterocycles. The summed E-state index contributed by atoms with van der Waals surface area (Å²) in [5, 5.41) is 9.79. The van der Waals surface area contributed by atoms with E-state index in [9.17, 15) is 4.79 Å². The van der Waals surface area contributed by atoms with Crippen molar-refractivity contribution < 1.29 is 4.79 Å². The average molecular weight is 363 g/mol. The molecule has 0 spiro atoms. The molecular weight excluding hydrogens is 342 g/mol. The zero-order valence-electron chi connectivity index (χ0n) is 14.9. The molecule has 8 heteroatoms. The van der Waals surface area contributed by atoms with Crippen molar-refractivity contribution >= 4 is 17.5 Å². The van der Waals surface area contributed by atoms with E-state index in [1.54, 1.807) is 24.8 Å². The van der Waals surface area contributed by atoms with Crippen LogP contribution in [0.25, 0.3) is 0 Å². The van der Waals surface area contributed by atoms with Crippen molar-refractivity contribution in [1.82, 2.24) is 30.0 Å². The molecular formula is C19H21N7O. The maximum absolute atomic E-state index is 12.4. The molecule has 0 aromatic carbocycles. The number of nitrogens with one attached hydrogen (secondary N) is 2. The van der Waals surface area contributed by atoms with Gasteiger partial charge in [-0.2, -0.15) is 5.10 Å². The number of nitrogens with zero attached hydrogens (tertiary/aromatic N) is 5. The Kier molecular flexibility index (Phi) is 5.04. The van der Waals surface area contributed by atoms with Crippen molar-refractivity contribution in [3.63, 3.8) is 0 Å². The summed E-state index contributed by atoms with van der Waals surface area (Å²) in [5.41, 5.74) is 1.55. The molecule has 4 rings (SSSR count). The van der Waals surface area contributed by atoms with Crippen LogP contribution in [0.2, 0.25) is 0 Å². The minimum Gasteiger partial charge on any atom is -0.337 e. The van der Waals surface area contributed by atoms with Crippen LogP contribution in [0, 0.1) is 5.92 Å². The summed E-state index contributed by atoms with van der Waals surface area (Å²) in [7, 11) is 0. The summed E-state index contributed by atoms with van der Waals surface area (Å²) in [6.45, 7) is 1.51. The fraction of sp³-hybridized carbons (Fsp3) is 0.316. The van der Waals surface area contributed by atoms with E-state index in [0.29, 0.717) is 11.6 Å². The first-order valence-corrected chi connectivity index (χ1v) is 9.05. The normalized spacial score (nSPS) is 14.9. The average Bonchev–Trinajstić information content (AvgIpc) is 3.24. The largest absolute Gasteiger partial charge is 0.337 e. The van der Waals surface area contributed by atoms with Gasteiger partial charge in [0, 0.05) is 37.2 Å². The zero-order chi connectivity index (χ0) is 18.5. The van der Waals surface area contributed by atoms with Crippen molar-refractivity contribution in [2.75, 3.05) is 18.4 Å². The van der Waals surface area contributed by atoms with Crippen molar-refractivity contribution in [1.29, 1.82) is 0 Å². The molecule has 138 valence electrons. The van der Waals surface area contributed by atoms with Gasteiger partial charge in [0.1, 0.15) is 23.7 Å². The lowest BCUT2D eigenvalue weighted by Gasteiger charge is -2.31. The summed E-state index contributed by atoms with van der Waals surface area (Å²) in [6.07, 6.45) is 7.73. The number of aromatic amines is 1. The number of H-pyrrole nitrogens is 1. The number of hydrogen-bond acceptors (Lipinski definition) is 6.